The van der Waals surface area contributed by atoms with Crippen LogP contribution in [0.1, 0.15) is 37.6 Å². The van der Waals surface area contributed by atoms with E-state index < -0.39 is 0 Å². The SMILES string of the molecule is Cc1ccc(C(C)(C)C)cc1Oc1ccc(C#N)nc1. The Morgan fingerprint density at radius 3 is 2.45 bits per heavy atom. The van der Waals surface area contributed by atoms with E-state index >= 15 is 0 Å². The van der Waals surface area contributed by atoms with Gasteiger partial charge in [-0.25, -0.2) is 4.98 Å². The van der Waals surface area contributed by atoms with Crippen LogP contribution in [0.15, 0.2) is 36.5 Å². The van der Waals surface area contributed by atoms with Crippen molar-refractivity contribution in [2.75, 3.05) is 0 Å². The van der Waals surface area contributed by atoms with E-state index in [-0.39, 0.29) is 5.41 Å². The van der Waals surface area contributed by atoms with E-state index in [4.69, 9.17) is 10.00 Å². The van der Waals surface area contributed by atoms with E-state index in [9.17, 15) is 0 Å². The zero-order valence-electron chi connectivity index (χ0n) is 12.3. The summed E-state index contributed by atoms with van der Waals surface area (Å²) in [5.41, 5.74) is 2.76. The molecule has 0 saturated heterocycles. The molecule has 0 fully saturated rings. The number of hydrogen-bond donors (Lipinski definition) is 0. The van der Waals surface area contributed by atoms with Gasteiger partial charge in [-0.1, -0.05) is 32.9 Å². The van der Waals surface area contributed by atoms with E-state index in [2.05, 4.69) is 44.0 Å². The second kappa shape index (κ2) is 5.34. The number of benzene rings is 1. The molecule has 0 atom stereocenters. The number of hydrogen-bond acceptors (Lipinski definition) is 3. The Labute approximate surface area is 119 Å². The van der Waals surface area contributed by atoms with Gasteiger partial charge < -0.3 is 4.74 Å². The van der Waals surface area contributed by atoms with Gasteiger partial charge in [0.05, 0.1) is 6.20 Å². The first-order valence-electron chi connectivity index (χ1n) is 6.55. The number of pyridine rings is 1. The molecule has 0 radical (unpaired) electrons. The van der Waals surface area contributed by atoms with Crippen LogP contribution < -0.4 is 4.74 Å². The number of ether oxygens (including phenoxy) is 1. The van der Waals surface area contributed by atoms with E-state index in [1.807, 2.05) is 13.0 Å². The highest BCUT2D eigenvalue weighted by atomic mass is 16.5. The molecule has 1 heterocycles. The van der Waals surface area contributed by atoms with Gasteiger partial charge in [0, 0.05) is 0 Å². The molecular weight excluding hydrogens is 248 g/mol. The summed E-state index contributed by atoms with van der Waals surface area (Å²) in [7, 11) is 0. The Morgan fingerprint density at radius 2 is 1.90 bits per heavy atom. The van der Waals surface area contributed by atoms with Gasteiger partial charge in [0.15, 0.2) is 0 Å². The van der Waals surface area contributed by atoms with Gasteiger partial charge in [0.1, 0.15) is 23.3 Å². The third kappa shape index (κ3) is 3.16. The minimum absolute atomic E-state index is 0.0781. The lowest BCUT2D eigenvalue weighted by Crippen LogP contribution is -2.11. The third-order valence-corrected chi connectivity index (χ3v) is 3.13. The average Bonchev–Trinajstić information content (AvgIpc) is 2.41. The number of rotatable bonds is 2. The molecule has 102 valence electrons. The highest BCUT2D eigenvalue weighted by Crippen LogP contribution is 2.30. The lowest BCUT2D eigenvalue weighted by molar-refractivity contribution is 0.472. The van der Waals surface area contributed by atoms with Crippen molar-refractivity contribution in [1.29, 1.82) is 5.26 Å². The summed E-state index contributed by atoms with van der Waals surface area (Å²) in [6.45, 7) is 8.53. The molecule has 2 aromatic rings. The molecule has 0 unspecified atom stereocenters. The fraction of sp³-hybridized carbons (Fsp3) is 0.294. The van der Waals surface area contributed by atoms with Crippen LogP contribution in [0.3, 0.4) is 0 Å². The second-order valence-electron chi connectivity index (χ2n) is 5.82. The maximum atomic E-state index is 8.73. The Bertz CT molecular complexity index is 646. The van der Waals surface area contributed by atoms with Crippen LogP contribution in [-0.2, 0) is 5.41 Å². The molecule has 0 saturated carbocycles. The third-order valence-electron chi connectivity index (χ3n) is 3.13. The predicted molar refractivity (Wildman–Crippen MR) is 78.9 cm³/mol. The molecule has 0 bridgehead atoms. The van der Waals surface area contributed by atoms with Gasteiger partial charge in [0.2, 0.25) is 0 Å². The summed E-state index contributed by atoms with van der Waals surface area (Å²) in [4.78, 5) is 4.01. The van der Waals surface area contributed by atoms with Gasteiger partial charge in [-0.15, -0.1) is 0 Å². The molecule has 0 amide bonds. The largest absolute Gasteiger partial charge is 0.455 e. The molecule has 20 heavy (non-hydrogen) atoms. The zero-order valence-corrected chi connectivity index (χ0v) is 12.3. The lowest BCUT2D eigenvalue weighted by Gasteiger charge is -2.20. The van der Waals surface area contributed by atoms with Crippen LogP contribution in [-0.4, -0.2) is 4.98 Å². The van der Waals surface area contributed by atoms with Crippen molar-refractivity contribution in [2.24, 2.45) is 0 Å². The zero-order chi connectivity index (χ0) is 14.8. The van der Waals surface area contributed by atoms with Crippen LogP contribution in [0.25, 0.3) is 0 Å². The van der Waals surface area contributed by atoms with Crippen molar-refractivity contribution in [1.82, 2.24) is 4.98 Å². The van der Waals surface area contributed by atoms with Crippen LogP contribution in [0, 0.1) is 18.3 Å². The first-order valence-corrected chi connectivity index (χ1v) is 6.55. The average molecular weight is 266 g/mol. The maximum absolute atomic E-state index is 8.73. The molecule has 1 aromatic heterocycles. The molecule has 3 nitrogen and oxygen atoms in total. The number of nitriles is 1. The highest BCUT2D eigenvalue weighted by Gasteiger charge is 2.15. The summed E-state index contributed by atoms with van der Waals surface area (Å²) < 4.78 is 5.87. The van der Waals surface area contributed by atoms with Crippen LogP contribution in [0.4, 0.5) is 0 Å². The van der Waals surface area contributed by atoms with Crippen molar-refractivity contribution in [2.45, 2.75) is 33.1 Å². The fourth-order valence-corrected chi connectivity index (χ4v) is 1.81. The van der Waals surface area contributed by atoms with Gasteiger partial charge in [-0.3, -0.25) is 0 Å². The van der Waals surface area contributed by atoms with Crippen molar-refractivity contribution >= 4 is 0 Å². The summed E-state index contributed by atoms with van der Waals surface area (Å²) in [6.07, 6.45) is 1.57. The summed E-state index contributed by atoms with van der Waals surface area (Å²) >= 11 is 0. The Hall–Kier alpha value is -2.34. The van der Waals surface area contributed by atoms with Gasteiger partial charge >= 0.3 is 0 Å². The minimum atomic E-state index is 0.0781. The Kier molecular flexibility index (Phi) is 3.76. The molecule has 0 aliphatic rings. The van der Waals surface area contributed by atoms with Crippen LogP contribution in [0.5, 0.6) is 11.5 Å². The minimum Gasteiger partial charge on any atom is -0.455 e. The van der Waals surface area contributed by atoms with Gasteiger partial charge in [0.25, 0.3) is 0 Å². The van der Waals surface area contributed by atoms with Crippen molar-refractivity contribution in [3.63, 3.8) is 0 Å². The number of aryl methyl sites for hydroxylation is 1. The molecule has 3 heteroatoms. The molecule has 2 rings (SSSR count). The van der Waals surface area contributed by atoms with Gasteiger partial charge in [-0.05, 0) is 41.7 Å². The summed E-state index contributed by atoms with van der Waals surface area (Å²) in [5, 5.41) is 8.73. The molecule has 0 N–H and O–H groups in total. The number of aromatic nitrogens is 1. The molecule has 0 aliphatic heterocycles. The molecule has 1 aromatic carbocycles. The second-order valence-corrected chi connectivity index (χ2v) is 5.82. The molecular formula is C17H18N2O. The summed E-state index contributed by atoms with van der Waals surface area (Å²) in [6, 6.07) is 11.7. The van der Waals surface area contributed by atoms with Crippen LogP contribution in [0.2, 0.25) is 0 Å². The standard InChI is InChI=1S/C17H18N2O/c1-12-5-6-13(17(2,3)4)9-16(12)20-15-8-7-14(10-18)19-11-15/h5-9,11H,1-4H3. The predicted octanol–water partition coefficient (Wildman–Crippen LogP) is 4.35. The smallest absolute Gasteiger partial charge is 0.145 e. The Morgan fingerprint density at radius 1 is 1.15 bits per heavy atom. The first kappa shape index (κ1) is 14.1. The summed E-state index contributed by atoms with van der Waals surface area (Å²) in [5.74, 6) is 1.46. The monoisotopic (exact) mass is 266 g/mol. The fourth-order valence-electron chi connectivity index (χ4n) is 1.81. The van der Waals surface area contributed by atoms with Crippen molar-refractivity contribution < 1.29 is 4.74 Å². The first-order chi connectivity index (χ1) is 9.40. The number of nitrogens with zero attached hydrogens (tertiary/aromatic N) is 2. The molecule has 0 aliphatic carbocycles. The Balaban J connectivity index is 2.30. The van der Waals surface area contributed by atoms with E-state index in [0.29, 0.717) is 11.4 Å². The lowest BCUT2D eigenvalue weighted by atomic mass is 9.86. The van der Waals surface area contributed by atoms with Crippen molar-refractivity contribution in [3.05, 3.63) is 53.3 Å². The maximum Gasteiger partial charge on any atom is 0.145 e. The topological polar surface area (TPSA) is 45.9 Å². The quantitative estimate of drug-likeness (QED) is 0.811. The van der Waals surface area contributed by atoms with E-state index in [1.54, 1.807) is 18.3 Å². The highest BCUT2D eigenvalue weighted by molar-refractivity contribution is 5.42. The van der Waals surface area contributed by atoms with Gasteiger partial charge in [-0.2, -0.15) is 5.26 Å². The normalized spacial score (nSPS) is 10.9. The van der Waals surface area contributed by atoms with Crippen LogP contribution >= 0.6 is 0 Å². The van der Waals surface area contributed by atoms with E-state index in [1.165, 1.54) is 5.56 Å². The van der Waals surface area contributed by atoms with Crippen molar-refractivity contribution in [3.8, 4) is 17.6 Å². The van der Waals surface area contributed by atoms with E-state index in [0.717, 1.165) is 11.3 Å². The molecule has 0 spiro atoms.